The van der Waals surface area contributed by atoms with E-state index in [0.717, 1.165) is 32.3 Å². The second-order valence-corrected chi connectivity index (χ2v) is 8.95. The SMILES string of the molecule is Cc1ccc(C(=O)Nc2cccc(SCC(=O)n3c4ccccc4c4ccccc43)c2)cc1. The molecular formula is C28H22N2O2S. The van der Waals surface area contributed by atoms with Crippen molar-refractivity contribution in [3.05, 3.63) is 108 Å². The summed E-state index contributed by atoms with van der Waals surface area (Å²) in [5, 5.41) is 5.09. The molecule has 1 heterocycles. The monoisotopic (exact) mass is 450 g/mol. The molecule has 33 heavy (non-hydrogen) atoms. The highest BCUT2D eigenvalue weighted by atomic mass is 32.2. The largest absolute Gasteiger partial charge is 0.322 e. The number of hydrogen-bond donors (Lipinski definition) is 1. The van der Waals surface area contributed by atoms with Crippen molar-refractivity contribution < 1.29 is 9.59 Å². The fourth-order valence-electron chi connectivity index (χ4n) is 3.97. The Morgan fingerprint density at radius 3 is 2.09 bits per heavy atom. The van der Waals surface area contributed by atoms with Crippen molar-refractivity contribution >= 4 is 51.1 Å². The van der Waals surface area contributed by atoms with Crippen molar-refractivity contribution in [1.29, 1.82) is 0 Å². The summed E-state index contributed by atoms with van der Waals surface area (Å²) in [7, 11) is 0. The van der Waals surface area contributed by atoms with Gasteiger partial charge < -0.3 is 5.32 Å². The number of hydrogen-bond acceptors (Lipinski definition) is 3. The zero-order valence-corrected chi connectivity index (χ0v) is 18.9. The first-order valence-corrected chi connectivity index (χ1v) is 11.7. The fourth-order valence-corrected chi connectivity index (χ4v) is 4.78. The van der Waals surface area contributed by atoms with Crippen LogP contribution in [0.25, 0.3) is 21.8 Å². The first-order chi connectivity index (χ1) is 16.1. The molecule has 1 aromatic heterocycles. The van der Waals surface area contributed by atoms with Crippen molar-refractivity contribution in [2.75, 3.05) is 11.1 Å². The van der Waals surface area contributed by atoms with E-state index >= 15 is 0 Å². The number of nitrogens with zero attached hydrogens (tertiary/aromatic N) is 1. The maximum Gasteiger partial charge on any atom is 0.255 e. The van der Waals surface area contributed by atoms with Crippen LogP contribution in [0.4, 0.5) is 5.69 Å². The Kier molecular flexibility index (Phi) is 5.71. The fraction of sp³-hybridized carbons (Fsp3) is 0.0714. The third kappa shape index (κ3) is 4.28. The van der Waals surface area contributed by atoms with Crippen LogP contribution >= 0.6 is 11.8 Å². The molecule has 0 bridgehead atoms. The van der Waals surface area contributed by atoms with Gasteiger partial charge >= 0.3 is 0 Å². The van der Waals surface area contributed by atoms with E-state index in [1.54, 1.807) is 4.57 Å². The summed E-state index contributed by atoms with van der Waals surface area (Å²) in [6, 6.07) is 31.0. The lowest BCUT2D eigenvalue weighted by atomic mass is 10.1. The molecule has 0 aliphatic rings. The Morgan fingerprint density at radius 2 is 1.42 bits per heavy atom. The van der Waals surface area contributed by atoms with Crippen molar-refractivity contribution in [2.24, 2.45) is 0 Å². The lowest BCUT2D eigenvalue weighted by molar-refractivity contribution is 0.0950. The van der Waals surface area contributed by atoms with Gasteiger partial charge in [-0.2, -0.15) is 0 Å². The molecule has 0 spiro atoms. The number of aromatic nitrogens is 1. The number of para-hydroxylation sites is 2. The van der Waals surface area contributed by atoms with E-state index in [1.165, 1.54) is 11.8 Å². The average Bonchev–Trinajstić information content (AvgIpc) is 3.18. The second-order valence-electron chi connectivity index (χ2n) is 7.90. The van der Waals surface area contributed by atoms with Gasteiger partial charge in [-0.15, -0.1) is 11.8 Å². The van der Waals surface area contributed by atoms with Crippen LogP contribution in [0.3, 0.4) is 0 Å². The van der Waals surface area contributed by atoms with Crippen molar-refractivity contribution in [3.8, 4) is 0 Å². The Balaban J connectivity index is 1.33. The molecule has 0 saturated carbocycles. The minimum absolute atomic E-state index is 0.0199. The summed E-state index contributed by atoms with van der Waals surface area (Å²) in [6.45, 7) is 1.99. The number of anilines is 1. The second kappa shape index (κ2) is 8.96. The summed E-state index contributed by atoms with van der Waals surface area (Å²) in [4.78, 5) is 26.7. The van der Waals surface area contributed by atoms with Crippen molar-refractivity contribution in [1.82, 2.24) is 4.57 Å². The van der Waals surface area contributed by atoms with Gasteiger partial charge in [-0.05, 0) is 49.4 Å². The number of amides is 1. The Morgan fingerprint density at radius 1 is 0.788 bits per heavy atom. The van der Waals surface area contributed by atoms with Gasteiger partial charge in [-0.25, -0.2) is 0 Å². The number of benzene rings is 4. The van der Waals surface area contributed by atoms with E-state index in [2.05, 4.69) is 17.4 Å². The van der Waals surface area contributed by atoms with Crippen LogP contribution in [0.1, 0.15) is 20.7 Å². The normalized spacial score (nSPS) is 11.1. The van der Waals surface area contributed by atoms with Crippen LogP contribution in [0, 0.1) is 6.92 Å². The maximum atomic E-state index is 13.3. The molecule has 5 aromatic rings. The van der Waals surface area contributed by atoms with Crippen molar-refractivity contribution in [2.45, 2.75) is 11.8 Å². The topological polar surface area (TPSA) is 51.1 Å². The van der Waals surface area contributed by atoms with E-state index in [4.69, 9.17) is 0 Å². The number of thioether (sulfide) groups is 1. The molecule has 5 heteroatoms. The van der Waals surface area contributed by atoms with Crippen LogP contribution in [0.5, 0.6) is 0 Å². The summed E-state index contributed by atoms with van der Waals surface area (Å²) >= 11 is 1.46. The maximum absolute atomic E-state index is 13.3. The molecule has 0 radical (unpaired) electrons. The highest BCUT2D eigenvalue weighted by Crippen LogP contribution is 2.30. The van der Waals surface area contributed by atoms with Crippen molar-refractivity contribution in [3.63, 3.8) is 0 Å². The number of nitrogens with one attached hydrogen (secondary N) is 1. The predicted molar refractivity (Wildman–Crippen MR) is 136 cm³/mol. The summed E-state index contributed by atoms with van der Waals surface area (Å²) in [5.74, 6) is 0.155. The standard InChI is InChI=1S/C28H22N2O2S/c1-19-13-15-20(16-14-19)28(32)29-21-7-6-8-22(17-21)33-18-27(31)30-25-11-4-2-9-23(25)24-10-3-5-12-26(24)30/h2-17H,18H2,1H3,(H,29,32). The molecule has 0 fully saturated rings. The summed E-state index contributed by atoms with van der Waals surface area (Å²) in [6.07, 6.45) is 0. The smallest absolute Gasteiger partial charge is 0.255 e. The number of carbonyl (C=O) groups excluding carboxylic acids is 2. The van der Waals surface area contributed by atoms with Gasteiger partial charge in [-0.1, -0.05) is 60.2 Å². The zero-order valence-electron chi connectivity index (χ0n) is 18.1. The van der Waals surface area contributed by atoms with Crippen LogP contribution in [-0.4, -0.2) is 22.1 Å². The van der Waals surface area contributed by atoms with Gasteiger partial charge in [-0.3, -0.25) is 14.2 Å². The van der Waals surface area contributed by atoms with Crippen LogP contribution < -0.4 is 5.32 Å². The van der Waals surface area contributed by atoms with Gasteiger partial charge in [0.25, 0.3) is 5.91 Å². The Labute approximate surface area is 196 Å². The number of rotatable bonds is 5. The van der Waals surface area contributed by atoms with E-state index in [-0.39, 0.29) is 17.6 Å². The molecule has 1 N–H and O–H groups in total. The van der Waals surface area contributed by atoms with Gasteiger partial charge in [0.2, 0.25) is 5.91 Å². The first-order valence-electron chi connectivity index (χ1n) is 10.7. The minimum Gasteiger partial charge on any atom is -0.322 e. The third-order valence-corrected chi connectivity index (χ3v) is 6.58. The average molecular weight is 451 g/mol. The van der Waals surface area contributed by atoms with Gasteiger partial charge in [0, 0.05) is 26.9 Å². The molecule has 1 amide bonds. The predicted octanol–water partition coefficient (Wildman–Crippen LogP) is 6.79. The van der Waals surface area contributed by atoms with E-state index < -0.39 is 0 Å². The third-order valence-electron chi connectivity index (χ3n) is 5.60. The van der Waals surface area contributed by atoms with Crippen LogP contribution in [0.2, 0.25) is 0 Å². The van der Waals surface area contributed by atoms with E-state index in [9.17, 15) is 9.59 Å². The van der Waals surface area contributed by atoms with Crippen LogP contribution in [-0.2, 0) is 0 Å². The molecule has 0 aliphatic carbocycles. The summed E-state index contributed by atoms with van der Waals surface area (Å²) in [5.41, 5.74) is 4.26. The van der Waals surface area contributed by atoms with E-state index in [0.29, 0.717) is 11.3 Å². The molecule has 0 aliphatic heterocycles. The Hall–Kier alpha value is -3.83. The molecule has 4 nitrogen and oxygen atoms in total. The molecule has 5 rings (SSSR count). The van der Waals surface area contributed by atoms with Gasteiger partial charge in [0.1, 0.15) is 0 Å². The lowest BCUT2D eigenvalue weighted by Crippen LogP contribution is -2.13. The van der Waals surface area contributed by atoms with Gasteiger partial charge in [0.15, 0.2) is 0 Å². The quantitative estimate of drug-likeness (QED) is 0.300. The highest BCUT2D eigenvalue weighted by molar-refractivity contribution is 8.00. The zero-order chi connectivity index (χ0) is 22.8. The molecule has 0 saturated heterocycles. The number of carbonyl (C=O) groups is 2. The highest BCUT2D eigenvalue weighted by Gasteiger charge is 2.16. The van der Waals surface area contributed by atoms with E-state index in [1.807, 2.05) is 91.9 Å². The van der Waals surface area contributed by atoms with Crippen LogP contribution in [0.15, 0.2) is 102 Å². The molecule has 0 atom stereocenters. The summed E-state index contributed by atoms with van der Waals surface area (Å²) < 4.78 is 1.81. The molecular weight excluding hydrogens is 428 g/mol. The van der Waals surface area contributed by atoms with Gasteiger partial charge in [0.05, 0.1) is 16.8 Å². The molecule has 4 aromatic carbocycles. The minimum atomic E-state index is -0.154. The number of fused-ring (bicyclic) bond motifs is 3. The molecule has 162 valence electrons. The Bertz CT molecular complexity index is 1430. The molecule has 0 unspecified atom stereocenters. The lowest BCUT2D eigenvalue weighted by Gasteiger charge is -2.09. The number of aryl methyl sites for hydroxylation is 1. The first kappa shape index (κ1) is 21.0.